The van der Waals surface area contributed by atoms with Crippen LogP contribution in [0.5, 0.6) is 0 Å². The number of aliphatic hydroxyl groups is 2. The number of hydrogen-bond acceptors (Lipinski definition) is 8. The van der Waals surface area contributed by atoms with E-state index in [4.69, 9.17) is 4.74 Å². The Hall–Kier alpha value is -2.60. The molecule has 0 radical (unpaired) electrons. The Balaban J connectivity index is 1.28. The summed E-state index contributed by atoms with van der Waals surface area (Å²) in [6, 6.07) is 6.31. The van der Waals surface area contributed by atoms with Crippen LogP contribution in [0, 0.1) is 5.82 Å². The highest BCUT2D eigenvalue weighted by Gasteiger charge is 2.44. The molecular weight excluding hydrogens is 419 g/mol. The molecule has 1 amide bonds. The molecule has 2 saturated heterocycles. The Morgan fingerprint density at radius 1 is 1.16 bits per heavy atom. The Kier molecular flexibility index (Phi) is 6.99. The van der Waals surface area contributed by atoms with Crippen LogP contribution in [0.15, 0.2) is 30.5 Å². The lowest BCUT2D eigenvalue weighted by Gasteiger charge is -2.36. The molecule has 0 bridgehead atoms. The predicted molar refractivity (Wildman–Crippen MR) is 113 cm³/mol. The van der Waals surface area contributed by atoms with Gasteiger partial charge in [-0.15, -0.1) is 5.10 Å². The Morgan fingerprint density at radius 3 is 2.53 bits per heavy atom. The van der Waals surface area contributed by atoms with Crippen LogP contribution in [0.3, 0.4) is 0 Å². The van der Waals surface area contributed by atoms with E-state index in [1.807, 2.05) is 7.05 Å². The molecule has 3 N–H and O–H groups in total. The number of hydrogen-bond donors (Lipinski definition) is 3. The first-order valence-corrected chi connectivity index (χ1v) is 10.8. The maximum absolute atomic E-state index is 13.1. The minimum atomic E-state index is -1.15. The highest BCUT2D eigenvalue weighted by Crippen LogP contribution is 2.26. The molecule has 174 valence electrons. The largest absolute Gasteiger partial charge is 0.388 e. The highest BCUT2D eigenvalue weighted by atomic mass is 19.1. The number of halogens is 1. The van der Waals surface area contributed by atoms with Gasteiger partial charge in [0.1, 0.15) is 24.1 Å². The van der Waals surface area contributed by atoms with Crippen molar-refractivity contribution in [3.05, 3.63) is 42.0 Å². The van der Waals surface area contributed by atoms with Crippen molar-refractivity contribution < 1.29 is 24.1 Å². The molecule has 1 aromatic heterocycles. The number of carbonyl (C=O) groups excluding carboxylic acids is 1. The number of nitrogens with zero attached hydrogens (tertiary/aromatic N) is 5. The van der Waals surface area contributed by atoms with E-state index >= 15 is 0 Å². The van der Waals surface area contributed by atoms with Gasteiger partial charge in [-0.05, 0) is 31.3 Å². The zero-order valence-corrected chi connectivity index (χ0v) is 18.0. The summed E-state index contributed by atoms with van der Waals surface area (Å²) in [5.74, 6) is -0.405. The van der Waals surface area contributed by atoms with Gasteiger partial charge in [0.25, 0.3) is 0 Å². The first-order valence-electron chi connectivity index (χ1n) is 10.8. The van der Waals surface area contributed by atoms with Gasteiger partial charge in [0.15, 0.2) is 0 Å². The normalized spacial score (nSPS) is 26.0. The van der Waals surface area contributed by atoms with Gasteiger partial charge in [0.05, 0.1) is 24.8 Å². The number of anilines is 1. The number of aliphatic hydroxyl groups excluding tert-OH is 2. The lowest BCUT2D eigenvalue weighted by Crippen LogP contribution is -2.49. The van der Waals surface area contributed by atoms with Gasteiger partial charge in [-0.25, -0.2) is 9.07 Å². The van der Waals surface area contributed by atoms with Crippen molar-refractivity contribution in [2.75, 3.05) is 38.1 Å². The zero-order chi connectivity index (χ0) is 22.7. The fourth-order valence-corrected chi connectivity index (χ4v) is 4.19. The summed E-state index contributed by atoms with van der Waals surface area (Å²) in [5, 5.41) is 31.8. The van der Waals surface area contributed by atoms with Gasteiger partial charge < -0.3 is 30.1 Å². The monoisotopic (exact) mass is 448 g/mol. The highest BCUT2D eigenvalue weighted by molar-refractivity contribution is 5.77. The molecule has 11 heteroatoms. The van der Waals surface area contributed by atoms with Gasteiger partial charge in [0.2, 0.25) is 5.91 Å². The molecule has 2 aromatic rings. The molecule has 2 aliphatic rings. The second-order valence-corrected chi connectivity index (χ2v) is 8.20. The van der Waals surface area contributed by atoms with Crippen LogP contribution in [0.1, 0.15) is 12.1 Å². The van der Waals surface area contributed by atoms with E-state index in [1.54, 1.807) is 27.9 Å². The fourth-order valence-electron chi connectivity index (χ4n) is 4.19. The molecule has 4 atom stereocenters. The van der Waals surface area contributed by atoms with E-state index in [-0.39, 0.29) is 24.7 Å². The third-order valence-corrected chi connectivity index (χ3v) is 5.97. The summed E-state index contributed by atoms with van der Waals surface area (Å²) >= 11 is 0. The van der Waals surface area contributed by atoms with E-state index in [0.717, 1.165) is 11.4 Å². The van der Waals surface area contributed by atoms with E-state index < -0.39 is 24.4 Å². The molecule has 3 heterocycles. The smallest absolute Gasteiger partial charge is 0.225 e. The van der Waals surface area contributed by atoms with E-state index in [0.29, 0.717) is 32.7 Å². The summed E-state index contributed by atoms with van der Waals surface area (Å²) < 4.78 is 20.5. The topological polar surface area (TPSA) is 116 Å². The number of amides is 1. The zero-order valence-electron chi connectivity index (χ0n) is 18.0. The van der Waals surface area contributed by atoms with Gasteiger partial charge in [-0.1, -0.05) is 5.21 Å². The molecule has 0 aliphatic carbocycles. The molecule has 10 nitrogen and oxygen atoms in total. The van der Waals surface area contributed by atoms with Crippen LogP contribution in [0.4, 0.5) is 10.1 Å². The summed E-state index contributed by atoms with van der Waals surface area (Å²) in [4.78, 5) is 16.6. The van der Waals surface area contributed by atoms with Crippen molar-refractivity contribution in [1.82, 2.24) is 25.2 Å². The number of aromatic nitrogens is 3. The Bertz CT molecular complexity index is 902. The van der Waals surface area contributed by atoms with Crippen LogP contribution < -0.4 is 10.2 Å². The molecule has 4 rings (SSSR count). The Morgan fingerprint density at radius 2 is 1.84 bits per heavy atom. The van der Waals surface area contributed by atoms with Crippen LogP contribution in [-0.2, 0) is 22.6 Å². The first-order chi connectivity index (χ1) is 15.4. The van der Waals surface area contributed by atoms with E-state index in [1.165, 1.54) is 12.1 Å². The summed E-state index contributed by atoms with van der Waals surface area (Å²) in [6.07, 6.45) is -1.98. The van der Waals surface area contributed by atoms with Crippen molar-refractivity contribution >= 4 is 11.6 Å². The first kappa shape index (κ1) is 22.6. The lowest BCUT2D eigenvalue weighted by molar-refractivity contribution is -0.135. The van der Waals surface area contributed by atoms with Gasteiger partial charge >= 0.3 is 0 Å². The molecule has 0 unspecified atom stereocenters. The second-order valence-electron chi connectivity index (χ2n) is 8.20. The molecular formula is C21H29FN6O4. The van der Waals surface area contributed by atoms with Crippen LogP contribution >= 0.6 is 0 Å². The number of nitrogens with one attached hydrogen (secondary N) is 1. The van der Waals surface area contributed by atoms with Crippen molar-refractivity contribution in [3.8, 4) is 0 Å². The van der Waals surface area contributed by atoms with Gasteiger partial charge in [-0.3, -0.25) is 4.79 Å². The number of carbonyl (C=O) groups is 1. The van der Waals surface area contributed by atoms with Gasteiger partial charge in [-0.2, -0.15) is 0 Å². The van der Waals surface area contributed by atoms with Gasteiger partial charge in [0, 0.05) is 44.6 Å². The quantitative estimate of drug-likeness (QED) is 0.513. The van der Waals surface area contributed by atoms with Crippen LogP contribution in [0.2, 0.25) is 0 Å². The Labute approximate surface area is 185 Å². The van der Waals surface area contributed by atoms with Crippen molar-refractivity contribution in [2.45, 2.75) is 43.9 Å². The molecule has 0 spiro atoms. The standard InChI is InChI=1S/C21H29FN6O4/c1-23-11-15-12-28(25-24-15)13-18-21(31)20(30)17(32-18)10-19(29)27-8-6-26(7-9-27)16-4-2-14(22)3-5-16/h2-5,12,17-18,20-21,23,30-31H,6-11,13H2,1H3/t17-,18-,20-,21+/m0/s1. The second kappa shape index (κ2) is 9.90. The average molecular weight is 448 g/mol. The van der Waals surface area contributed by atoms with Crippen molar-refractivity contribution in [2.24, 2.45) is 0 Å². The third-order valence-electron chi connectivity index (χ3n) is 5.97. The summed E-state index contributed by atoms with van der Waals surface area (Å²) in [5.41, 5.74) is 1.68. The maximum atomic E-state index is 13.1. The third kappa shape index (κ3) is 5.07. The number of piperazine rings is 1. The average Bonchev–Trinajstić information content (AvgIpc) is 3.34. The minimum absolute atomic E-state index is 0.00631. The molecule has 32 heavy (non-hydrogen) atoms. The number of ether oxygens (including phenoxy) is 1. The summed E-state index contributed by atoms with van der Waals surface area (Å²) in [6.45, 7) is 3.13. The van der Waals surface area contributed by atoms with Crippen LogP contribution in [-0.4, -0.2) is 93.7 Å². The SMILES string of the molecule is CNCc1cn(C[C@@H]2O[C@@H](CC(=O)N3CCN(c4ccc(F)cc4)CC3)[C@H](O)[C@@H]2O)nn1. The molecule has 1 aromatic carbocycles. The molecule has 2 aliphatic heterocycles. The maximum Gasteiger partial charge on any atom is 0.225 e. The van der Waals surface area contributed by atoms with Crippen molar-refractivity contribution in [1.29, 1.82) is 0 Å². The van der Waals surface area contributed by atoms with E-state index in [2.05, 4.69) is 20.5 Å². The molecule has 0 saturated carbocycles. The number of rotatable bonds is 7. The minimum Gasteiger partial charge on any atom is -0.388 e. The van der Waals surface area contributed by atoms with Crippen LogP contribution in [0.25, 0.3) is 0 Å². The number of benzene rings is 1. The summed E-state index contributed by atoms with van der Waals surface area (Å²) in [7, 11) is 1.81. The fraction of sp³-hybridized carbons (Fsp3) is 0.571. The van der Waals surface area contributed by atoms with Crippen molar-refractivity contribution in [3.63, 3.8) is 0 Å². The predicted octanol–water partition coefficient (Wildman–Crippen LogP) is -0.635. The molecule has 2 fully saturated rings. The van der Waals surface area contributed by atoms with E-state index in [9.17, 15) is 19.4 Å². The lowest BCUT2D eigenvalue weighted by atomic mass is 10.0.